The monoisotopic (exact) mass is 339 g/mol. The SMILES string of the molecule is CC(=O)c1ccc(C#N)c(NCCCNC(=O)c2cccc(F)c2)c1. The van der Waals surface area contributed by atoms with Crippen LogP contribution in [-0.4, -0.2) is 24.8 Å². The van der Waals surface area contributed by atoms with Crippen LogP contribution in [0, 0.1) is 17.1 Å². The van der Waals surface area contributed by atoms with E-state index in [1.165, 1.54) is 25.1 Å². The van der Waals surface area contributed by atoms with Crippen molar-refractivity contribution in [2.24, 2.45) is 0 Å². The molecule has 0 aliphatic heterocycles. The molecule has 0 bridgehead atoms. The highest BCUT2D eigenvalue weighted by Crippen LogP contribution is 2.17. The van der Waals surface area contributed by atoms with E-state index in [1.54, 1.807) is 24.3 Å². The Labute approximate surface area is 145 Å². The normalized spacial score (nSPS) is 9.96. The topological polar surface area (TPSA) is 82.0 Å². The van der Waals surface area contributed by atoms with Gasteiger partial charge in [-0.25, -0.2) is 4.39 Å². The number of nitriles is 1. The first-order valence-electron chi connectivity index (χ1n) is 7.84. The lowest BCUT2D eigenvalue weighted by Crippen LogP contribution is -2.25. The average Bonchev–Trinajstić information content (AvgIpc) is 2.61. The molecule has 2 N–H and O–H groups in total. The first-order chi connectivity index (χ1) is 12.0. The molecule has 0 saturated carbocycles. The van der Waals surface area contributed by atoms with Crippen molar-refractivity contribution in [3.05, 3.63) is 65.0 Å². The summed E-state index contributed by atoms with van der Waals surface area (Å²) in [6.07, 6.45) is 0.607. The summed E-state index contributed by atoms with van der Waals surface area (Å²) in [5, 5.41) is 14.9. The number of nitrogens with one attached hydrogen (secondary N) is 2. The molecule has 0 fully saturated rings. The van der Waals surface area contributed by atoms with Gasteiger partial charge in [0.1, 0.15) is 11.9 Å². The highest BCUT2D eigenvalue weighted by molar-refractivity contribution is 5.95. The number of amides is 1. The maximum absolute atomic E-state index is 13.1. The molecule has 25 heavy (non-hydrogen) atoms. The molecule has 1 amide bonds. The van der Waals surface area contributed by atoms with Gasteiger partial charge >= 0.3 is 0 Å². The second-order valence-electron chi connectivity index (χ2n) is 5.47. The van der Waals surface area contributed by atoms with E-state index in [1.807, 2.05) is 0 Å². The van der Waals surface area contributed by atoms with E-state index in [0.717, 1.165) is 0 Å². The first kappa shape index (κ1) is 18.1. The Hall–Kier alpha value is -3.20. The fraction of sp³-hybridized carbons (Fsp3) is 0.211. The predicted octanol–water partition coefficient (Wildman–Crippen LogP) is 3.13. The van der Waals surface area contributed by atoms with Crippen molar-refractivity contribution in [1.29, 1.82) is 5.26 Å². The van der Waals surface area contributed by atoms with E-state index in [4.69, 9.17) is 5.26 Å². The molecule has 0 radical (unpaired) electrons. The lowest BCUT2D eigenvalue weighted by atomic mass is 10.1. The lowest BCUT2D eigenvalue weighted by Gasteiger charge is -2.10. The maximum atomic E-state index is 13.1. The van der Waals surface area contributed by atoms with Crippen molar-refractivity contribution < 1.29 is 14.0 Å². The molecular formula is C19H18FN3O2. The predicted molar refractivity (Wildman–Crippen MR) is 93.0 cm³/mol. The first-order valence-corrected chi connectivity index (χ1v) is 7.84. The Morgan fingerprint density at radius 2 is 1.92 bits per heavy atom. The summed E-state index contributed by atoms with van der Waals surface area (Å²) in [4.78, 5) is 23.3. The molecule has 0 saturated heterocycles. The second kappa shape index (κ2) is 8.60. The van der Waals surface area contributed by atoms with Crippen LogP contribution in [0.2, 0.25) is 0 Å². The van der Waals surface area contributed by atoms with Gasteiger partial charge in [-0.15, -0.1) is 0 Å². The Kier molecular flexibility index (Phi) is 6.24. The molecule has 2 rings (SSSR count). The molecule has 2 aromatic rings. The molecule has 5 nitrogen and oxygen atoms in total. The molecule has 0 spiro atoms. The van der Waals surface area contributed by atoms with Crippen LogP contribution in [0.3, 0.4) is 0 Å². The highest BCUT2D eigenvalue weighted by Gasteiger charge is 2.07. The van der Waals surface area contributed by atoms with E-state index >= 15 is 0 Å². The van der Waals surface area contributed by atoms with Gasteiger partial charge in [-0.2, -0.15) is 5.26 Å². The number of anilines is 1. The summed E-state index contributed by atoms with van der Waals surface area (Å²) >= 11 is 0. The number of Topliss-reactive ketones (excluding diaryl/α,β-unsaturated/α-hetero) is 1. The third kappa shape index (κ3) is 5.15. The zero-order valence-corrected chi connectivity index (χ0v) is 13.8. The van der Waals surface area contributed by atoms with Gasteiger partial charge in [-0.05, 0) is 49.7 Å². The van der Waals surface area contributed by atoms with Gasteiger partial charge < -0.3 is 10.6 Å². The zero-order valence-electron chi connectivity index (χ0n) is 13.8. The van der Waals surface area contributed by atoms with Crippen molar-refractivity contribution in [2.45, 2.75) is 13.3 Å². The van der Waals surface area contributed by atoms with Gasteiger partial charge in [0.25, 0.3) is 5.91 Å². The van der Waals surface area contributed by atoms with Gasteiger partial charge in [0.05, 0.1) is 11.3 Å². The van der Waals surface area contributed by atoms with Crippen molar-refractivity contribution in [1.82, 2.24) is 5.32 Å². The summed E-state index contributed by atoms with van der Waals surface area (Å²) < 4.78 is 13.1. The second-order valence-corrected chi connectivity index (χ2v) is 5.47. The molecule has 6 heteroatoms. The van der Waals surface area contributed by atoms with Crippen LogP contribution in [0.15, 0.2) is 42.5 Å². The molecule has 0 aliphatic carbocycles. The highest BCUT2D eigenvalue weighted by atomic mass is 19.1. The summed E-state index contributed by atoms with van der Waals surface area (Å²) in [5.74, 6) is -0.866. The Balaban J connectivity index is 1.83. The molecule has 0 atom stereocenters. The van der Waals surface area contributed by atoms with Crippen molar-refractivity contribution in [3.63, 3.8) is 0 Å². The third-order valence-corrected chi connectivity index (χ3v) is 3.59. The molecule has 0 aromatic heterocycles. The summed E-state index contributed by atoms with van der Waals surface area (Å²) in [5.41, 5.74) is 1.84. The van der Waals surface area contributed by atoms with Crippen LogP contribution in [0.5, 0.6) is 0 Å². The quantitative estimate of drug-likeness (QED) is 0.600. The van der Waals surface area contributed by atoms with Crippen molar-refractivity contribution >= 4 is 17.4 Å². The number of nitrogens with zero attached hydrogens (tertiary/aromatic N) is 1. The number of rotatable bonds is 7. The zero-order chi connectivity index (χ0) is 18.2. The fourth-order valence-corrected chi connectivity index (χ4v) is 2.25. The minimum absolute atomic E-state index is 0.0742. The average molecular weight is 339 g/mol. The van der Waals surface area contributed by atoms with E-state index in [2.05, 4.69) is 16.7 Å². The summed E-state index contributed by atoms with van der Waals surface area (Å²) in [7, 11) is 0. The fourth-order valence-electron chi connectivity index (χ4n) is 2.25. The van der Waals surface area contributed by atoms with Gasteiger partial charge in [-0.1, -0.05) is 6.07 Å². The van der Waals surface area contributed by atoms with E-state index < -0.39 is 5.82 Å². The summed E-state index contributed by atoms with van der Waals surface area (Å²) in [6, 6.07) is 12.4. The van der Waals surface area contributed by atoms with Gasteiger partial charge in [0, 0.05) is 24.2 Å². The standard InChI is InChI=1S/C19H18FN3O2/c1-13(24)14-6-7-16(12-21)18(11-14)22-8-3-9-23-19(25)15-4-2-5-17(20)10-15/h2,4-7,10-11,22H,3,8-9H2,1H3,(H,23,25). The van der Waals surface area contributed by atoms with Gasteiger partial charge in [0.2, 0.25) is 0 Å². The molecule has 0 unspecified atom stereocenters. The van der Waals surface area contributed by atoms with Crippen LogP contribution in [0.4, 0.5) is 10.1 Å². The Bertz CT molecular complexity index is 828. The number of benzene rings is 2. The number of carbonyl (C=O) groups is 2. The number of ketones is 1. The Morgan fingerprint density at radius 3 is 2.60 bits per heavy atom. The van der Waals surface area contributed by atoms with E-state index in [0.29, 0.717) is 36.3 Å². The Morgan fingerprint density at radius 1 is 1.12 bits per heavy atom. The van der Waals surface area contributed by atoms with Crippen LogP contribution >= 0.6 is 0 Å². The van der Waals surface area contributed by atoms with Crippen LogP contribution in [-0.2, 0) is 0 Å². The largest absolute Gasteiger partial charge is 0.384 e. The molecule has 0 aliphatic rings. The minimum Gasteiger partial charge on any atom is -0.384 e. The molecule has 0 heterocycles. The minimum atomic E-state index is -0.455. The van der Waals surface area contributed by atoms with E-state index in [9.17, 15) is 14.0 Å². The third-order valence-electron chi connectivity index (χ3n) is 3.59. The smallest absolute Gasteiger partial charge is 0.251 e. The van der Waals surface area contributed by atoms with Crippen LogP contribution in [0.25, 0.3) is 0 Å². The number of hydrogen-bond acceptors (Lipinski definition) is 4. The van der Waals surface area contributed by atoms with Crippen molar-refractivity contribution in [3.8, 4) is 6.07 Å². The number of carbonyl (C=O) groups excluding carboxylic acids is 2. The lowest BCUT2D eigenvalue weighted by molar-refractivity contribution is 0.0952. The van der Waals surface area contributed by atoms with E-state index in [-0.39, 0.29) is 17.3 Å². The van der Waals surface area contributed by atoms with Crippen molar-refractivity contribution in [2.75, 3.05) is 18.4 Å². The number of halogens is 1. The van der Waals surface area contributed by atoms with Gasteiger partial charge in [-0.3, -0.25) is 9.59 Å². The molecule has 2 aromatic carbocycles. The number of hydrogen-bond donors (Lipinski definition) is 2. The summed E-state index contributed by atoms with van der Waals surface area (Å²) in [6.45, 7) is 2.38. The maximum Gasteiger partial charge on any atom is 0.251 e. The van der Waals surface area contributed by atoms with Crippen LogP contribution < -0.4 is 10.6 Å². The molecular weight excluding hydrogens is 321 g/mol. The van der Waals surface area contributed by atoms with Crippen LogP contribution in [0.1, 0.15) is 39.6 Å². The van der Waals surface area contributed by atoms with Gasteiger partial charge in [0.15, 0.2) is 5.78 Å². The molecule has 128 valence electrons.